The topological polar surface area (TPSA) is 97.3 Å². The van der Waals surface area contributed by atoms with E-state index in [1.54, 1.807) is 60.7 Å². The SMILES string of the molecule is COc1cc(/C=N\NC(=O)CN(c2ccc(C)cc2)S(=O)(=O)c2ccccc2)cc(Br)c1OCc1ccccc1Cl. The van der Waals surface area contributed by atoms with Crippen molar-refractivity contribution in [1.29, 1.82) is 0 Å². The number of aryl methyl sites for hydroxylation is 1. The van der Waals surface area contributed by atoms with Crippen molar-refractivity contribution in [2.45, 2.75) is 18.4 Å². The number of hydrazone groups is 1. The van der Waals surface area contributed by atoms with Crippen LogP contribution in [-0.2, 0) is 21.4 Å². The molecule has 0 fully saturated rings. The standard InChI is InChI=1S/C30H27BrClN3O5S/c1-21-12-14-24(15-13-21)35(41(37,38)25-9-4-3-5-10-25)19-29(36)34-33-18-22-16-26(31)30(28(17-22)39-2)40-20-23-8-6-7-11-27(23)32/h3-18H,19-20H2,1-2H3,(H,34,36)/b33-18-. The Kier molecular flexibility index (Phi) is 10.0. The van der Waals surface area contributed by atoms with E-state index >= 15 is 0 Å². The summed E-state index contributed by atoms with van der Waals surface area (Å²) in [6, 6.07) is 25.7. The summed E-state index contributed by atoms with van der Waals surface area (Å²) in [6.07, 6.45) is 1.42. The Labute approximate surface area is 252 Å². The molecule has 0 radical (unpaired) electrons. The first-order valence-corrected chi connectivity index (χ1v) is 15.0. The average molecular weight is 657 g/mol. The van der Waals surface area contributed by atoms with Gasteiger partial charge in [0.05, 0.1) is 28.4 Å². The molecule has 0 aliphatic carbocycles. The second-order valence-corrected chi connectivity index (χ2v) is 12.0. The molecule has 0 aromatic heterocycles. The van der Waals surface area contributed by atoms with E-state index < -0.39 is 22.5 Å². The molecule has 4 aromatic rings. The third kappa shape index (κ3) is 7.66. The van der Waals surface area contributed by atoms with E-state index in [4.69, 9.17) is 21.1 Å². The van der Waals surface area contributed by atoms with Crippen LogP contribution in [0, 0.1) is 6.92 Å². The van der Waals surface area contributed by atoms with E-state index in [0.717, 1.165) is 15.4 Å². The maximum atomic E-state index is 13.4. The number of hydrogen-bond acceptors (Lipinski definition) is 6. The number of ether oxygens (including phenoxy) is 2. The minimum atomic E-state index is -4.01. The first kappa shape index (κ1) is 30.1. The molecule has 0 aliphatic heterocycles. The van der Waals surface area contributed by atoms with Crippen LogP contribution in [-0.4, -0.2) is 34.2 Å². The molecule has 0 unspecified atom stereocenters. The van der Waals surface area contributed by atoms with Gasteiger partial charge in [0.1, 0.15) is 13.2 Å². The first-order valence-electron chi connectivity index (χ1n) is 12.4. The molecule has 4 aromatic carbocycles. The lowest BCUT2D eigenvalue weighted by Gasteiger charge is -2.23. The molecule has 0 heterocycles. The Bertz CT molecular complexity index is 1650. The van der Waals surface area contributed by atoms with Gasteiger partial charge in [0, 0.05) is 10.6 Å². The van der Waals surface area contributed by atoms with Crippen molar-refractivity contribution in [1.82, 2.24) is 5.43 Å². The lowest BCUT2D eigenvalue weighted by molar-refractivity contribution is -0.119. The van der Waals surface area contributed by atoms with Crippen LogP contribution in [0.3, 0.4) is 0 Å². The lowest BCUT2D eigenvalue weighted by Crippen LogP contribution is -2.39. The fourth-order valence-corrected chi connectivity index (χ4v) is 6.02. The maximum Gasteiger partial charge on any atom is 0.264 e. The smallest absolute Gasteiger partial charge is 0.264 e. The molecule has 212 valence electrons. The summed E-state index contributed by atoms with van der Waals surface area (Å²) < 4.78 is 39.9. The highest BCUT2D eigenvalue weighted by atomic mass is 79.9. The average Bonchev–Trinajstić information content (AvgIpc) is 2.97. The van der Waals surface area contributed by atoms with Gasteiger partial charge in [0.15, 0.2) is 11.5 Å². The molecule has 0 bridgehead atoms. The van der Waals surface area contributed by atoms with Crippen LogP contribution in [0.1, 0.15) is 16.7 Å². The predicted molar refractivity (Wildman–Crippen MR) is 164 cm³/mol. The predicted octanol–water partition coefficient (Wildman–Crippen LogP) is 6.34. The quantitative estimate of drug-likeness (QED) is 0.150. The van der Waals surface area contributed by atoms with Gasteiger partial charge in [0.2, 0.25) is 0 Å². The monoisotopic (exact) mass is 655 g/mol. The van der Waals surface area contributed by atoms with Crippen LogP contribution < -0.4 is 19.2 Å². The van der Waals surface area contributed by atoms with Crippen molar-refractivity contribution in [2.75, 3.05) is 18.0 Å². The molecular formula is C30H27BrClN3O5S. The highest BCUT2D eigenvalue weighted by molar-refractivity contribution is 9.10. The third-order valence-electron chi connectivity index (χ3n) is 5.92. The van der Waals surface area contributed by atoms with E-state index in [0.29, 0.717) is 32.2 Å². The number of halogens is 2. The molecule has 0 atom stereocenters. The first-order chi connectivity index (χ1) is 19.7. The van der Waals surface area contributed by atoms with Gasteiger partial charge in [-0.3, -0.25) is 9.10 Å². The molecule has 0 spiro atoms. The molecule has 1 N–H and O–H groups in total. The summed E-state index contributed by atoms with van der Waals surface area (Å²) >= 11 is 9.73. The highest BCUT2D eigenvalue weighted by Gasteiger charge is 2.27. The number of hydrogen-bond donors (Lipinski definition) is 1. The van der Waals surface area contributed by atoms with Gasteiger partial charge in [-0.05, 0) is 70.9 Å². The second kappa shape index (κ2) is 13.7. The molecular weight excluding hydrogens is 630 g/mol. The Morgan fingerprint density at radius 2 is 1.71 bits per heavy atom. The van der Waals surface area contributed by atoms with Crippen LogP contribution in [0.5, 0.6) is 11.5 Å². The molecule has 8 nitrogen and oxygen atoms in total. The van der Waals surface area contributed by atoms with E-state index in [2.05, 4.69) is 26.5 Å². The zero-order valence-electron chi connectivity index (χ0n) is 22.3. The van der Waals surface area contributed by atoms with Gasteiger partial charge in [-0.1, -0.05) is 65.7 Å². The maximum absolute atomic E-state index is 13.4. The number of carbonyl (C=O) groups is 1. The zero-order chi connectivity index (χ0) is 29.4. The molecule has 11 heteroatoms. The Morgan fingerprint density at radius 1 is 1.02 bits per heavy atom. The fraction of sp³-hybridized carbons (Fsp3) is 0.133. The van der Waals surface area contributed by atoms with Crippen molar-refractivity contribution in [3.63, 3.8) is 0 Å². The van der Waals surface area contributed by atoms with Crippen molar-refractivity contribution in [2.24, 2.45) is 5.10 Å². The summed E-state index contributed by atoms with van der Waals surface area (Å²) in [7, 11) is -2.50. The van der Waals surface area contributed by atoms with Gasteiger partial charge < -0.3 is 9.47 Å². The van der Waals surface area contributed by atoms with E-state index in [9.17, 15) is 13.2 Å². The second-order valence-electron chi connectivity index (χ2n) is 8.87. The molecule has 0 saturated carbocycles. The number of nitrogens with zero attached hydrogens (tertiary/aromatic N) is 2. The minimum absolute atomic E-state index is 0.0747. The highest BCUT2D eigenvalue weighted by Crippen LogP contribution is 2.37. The number of methoxy groups -OCH3 is 1. The van der Waals surface area contributed by atoms with E-state index in [1.165, 1.54) is 25.5 Å². The number of anilines is 1. The van der Waals surface area contributed by atoms with Crippen LogP contribution in [0.2, 0.25) is 5.02 Å². The van der Waals surface area contributed by atoms with Crippen molar-refractivity contribution >= 4 is 55.4 Å². The number of rotatable bonds is 11. The van der Waals surface area contributed by atoms with Gasteiger partial charge in [0.25, 0.3) is 15.9 Å². The van der Waals surface area contributed by atoms with Crippen molar-refractivity contribution in [3.8, 4) is 11.5 Å². The molecule has 41 heavy (non-hydrogen) atoms. The van der Waals surface area contributed by atoms with Crippen LogP contribution in [0.15, 0.2) is 105 Å². The zero-order valence-corrected chi connectivity index (χ0v) is 25.4. The summed E-state index contributed by atoms with van der Waals surface area (Å²) in [4.78, 5) is 12.9. The van der Waals surface area contributed by atoms with Gasteiger partial charge >= 0.3 is 0 Å². The number of amides is 1. The normalized spacial score (nSPS) is 11.3. The summed E-state index contributed by atoms with van der Waals surface area (Å²) in [6.45, 7) is 1.66. The Morgan fingerprint density at radius 3 is 2.39 bits per heavy atom. The molecule has 0 saturated heterocycles. The van der Waals surface area contributed by atoms with E-state index in [-0.39, 0.29) is 11.5 Å². The molecule has 1 amide bonds. The lowest BCUT2D eigenvalue weighted by atomic mass is 10.2. The number of sulfonamides is 1. The van der Waals surface area contributed by atoms with E-state index in [1.807, 2.05) is 25.1 Å². The van der Waals surface area contributed by atoms with Crippen LogP contribution in [0.4, 0.5) is 5.69 Å². The molecule has 4 rings (SSSR count). The summed E-state index contributed by atoms with van der Waals surface area (Å²) in [5.41, 5.74) is 5.16. The van der Waals surface area contributed by atoms with Crippen LogP contribution in [0.25, 0.3) is 0 Å². The fourth-order valence-electron chi connectivity index (χ4n) is 3.81. The molecule has 0 aliphatic rings. The summed E-state index contributed by atoms with van der Waals surface area (Å²) in [5, 5.41) is 4.62. The third-order valence-corrected chi connectivity index (χ3v) is 8.67. The largest absolute Gasteiger partial charge is 0.493 e. The van der Waals surface area contributed by atoms with Gasteiger partial charge in [-0.2, -0.15) is 5.10 Å². The minimum Gasteiger partial charge on any atom is -0.493 e. The Hall–Kier alpha value is -3.86. The Balaban J connectivity index is 1.48. The number of benzene rings is 4. The number of carbonyl (C=O) groups excluding carboxylic acids is 1. The van der Waals surface area contributed by atoms with Gasteiger partial charge in [-0.25, -0.2) is 13.8 Å². The van der Waals surface area contributed by atoms with Crippen molar-refractivity contribution < 1.29 is 22.7 Å². The van der Waals surface area contributed by atoms with Gasteiger partial charge in [-0.15, -0.1) is 0 Å². The van der Waals surface area contributed by atoms with Crippen molar-refractivity contribution in [3.05, 3.63) is 117 Å². The number of nitrogens with one attached hydrogen (secondary N) is 1. The van der Waals surface area contributed by atoms with Crippen LogP contribution >= 0.6 is 27.5 Å². The summed E-state index contributed by atoms with van der Waals surface area (Å²) in [5.74, 6) is 0.305.